The van der Waals surface area contributed by atoms with Crippen LogP contribution in [-0.4, -0.2) is 52.6 Å². The molecule has 2 aromatic heterocycles. The van der Waals surface area contributed by atoms with E-state index in [0.29, 0.717) is 38.4 Å². The number of aryl methyl sites for hydroxylation is 2. The zero-order valence-corrected chi connectivity index (χ0v) is 17.8. The third-order valence-corrected chi connectivity index (χ3v) is 6.29. The van der Waals surface area contributed by atoms with Crippen LogP contribution in [0.4, 0.5) is 0 Å². The molecule has 7 heteroatoms. The number of pyridine rings is 1. The van der Waals surface area contributed by atoms with Gasteiger partial charge in [0.1, 0.15) is 5.76 Å². The minimum atomic E-state index is 0.129. The topological polar surface area (TPSA) is 71.6 Å². The standard InChI is InChI=1S/C22H30N4O3/c1-14-19(15(2)29-23-14)6-8-21(27)25-10-16-9-18(13-25)20-7-5-17(12-24(3)4)22(28)26(20)11-16/h5,7,16,18H,6,8-13H2,1-4H3/t16-,18+/m0/s1. The largest absolute Gasteiger partial charge is 0.361 e. The van der Waals surface area contributed by atoms with Crippen molar-refractivity contribution in [1.82, 2.24) is 19.5 Å². The van der Waals surface area contributed by atoms with Crippen LogP contribution in [0.15, 0.2) is 21.5 Å². The van der Waals surface area contributed by atoms with Crippen molar-refractivity contribution in [3.63, 3.8) is 0 Å². The van der Waals surface area contributed by atoms with Crippen molar-refractivity contribution in [2.45, 2.75) is 52.1 Å². The highest BCUT2D eigenvalue weighted by Gasteiger charge is 2.36. The number of carbonyl (C=O) groups is 1. The summed E-state index contributed by atoms with van der Waals surface area (Å²) in [5.74, 6) is 1.57. The summed E-state index contributed by atoms with van der Waals surface area (Å²) in [4.78, 5) is 29.9. The molecule has 2 atom stereocenters. The van der Waals surface area contributed by atoms with Crippen LogP contribution in [0.2, 0.25) is 0 Å². The predicted molar refractivity (Wildman–Crippen MR) is 110 cm³/mol. The first-order chi connectivity index (χ1) is 13.8. The normalized spacial score (nSPS) is 20.8. The Morgan fingerprint density at radius 1 is 1.24 bits per heavy atom. The molecule has 0 N–H and O–H groups in total. The van der Waals surface area contributed by atoms with Gasteiger partial charge in [-0.15, -0.1) is 0 Å². The van der Waals surface area contributed by atoms with Crippen LogP contribution in [0.5, 0.6) is 0 Å². The van der Waals surface area contributed by atoms with E-state index in [1.165, 1.54) is 0 Å². The molecule has 1 saturated heterocycles. The molecule has 4 heterocycles. The minimum Gasteiger partial charge on any atom is -0.361 e. The van der Waals surface area contributed by atoms with Crippen LogP contribution >= 0.6 is 0 Å². The molecule has 2 aromatic rings. The molecular formula is C22H30N4O3. The number of nitrogens with zero attached hydrogens (tertiary/aromatic N) is 4. The Labute approximate surface area is 171 Å². The van der Waals surface area contributed by atoms with Gasteiger partial charge in [0, 0.05) is 55.3 Å². The molecule has 0 radical (unpaired) electrons. The van der Waals surface area contributed by atoms with Gasteiger partial charge in [0.05, 0.1) is 5.69 Å². The van der Waals surface area contributed by atoms with Gasteiger partial charge in [0.25, 0.3) is 5.56 Å². The zero-order chi connectivity index (χ0) is 20.7. The predicted octanol–water partition coefficient (Wildman–Crippen LogP) is 2.09. The lowest BCUT2D eigenvalue weighted by atomic mass is 9.82. The molecule has 1 amide bonds. The summed E-state index contributed by atoms with van der Waals surface area (Å²) in [5, 5.41) is 3.98. The van der Waals surface area contributed by atoms with E-state index >= 15 is 0 Å². The molecule has 1 fully saturated rings. The smallest absolute Gasteiger partial charge is 0.255 e. The first-order valence-corrected chi connectivity index (χ1v) is 10.4. The Hall–Kier alpha value is -2.41. The van der Waals surface area contributed by atoms with Gasteiger partial charge in [-0.05, 0) is 52.8 Å². The van der Waals surface area contributed by atoms with E-state index in [2.05, 4.69) is 11.2 Å². The van der Waals surface area contributed by atoms with E-state index in [1.54, 1.807) is 0 Å². The van der Waals surface area contributed by atoms with Crippen molar-refractivity contribution in [3.8, 4) is 0 Å². The van der Waals surface area contributed by atoms with Gasteiger partial charge < -0.3 is 18.9 Å². The molecule has 0 unspecified atom stereocenters. The molecule has 0 aromatic carbocycles. The monoisotopic (exact) mass is 398 g/mol. The Bertz CT molecular complexity index is 955. The van der Waals surface area contributed by atoms with Gasteiger partial charge in [-0.2, -0.15) is 0 Å². The quantitative estimate of drug-likeness (QED) is 0.771. The van der Waals surface area contributed by atoms with Crippen molar-refractivity contribution < 1.29 is 9.32 Å². The van der Waals surface area contributed by atoms with Gasteiger partial charge in [0.15, 0.2) is 0 Å². The molecule has 7 nitrogen and oxygen atoms in total. The number of aromatic nitrogens is 2. The van der Waals surface area contributed by atoms with E-state index in [4.69, 9.17) is 4.52 Å². The van der Waals surface area contributed by atoms with E-state index in [0.717, 1.165) is 41.2 Å². The first-order valence-electron chi connectivity index (χ1n) is 10.4. The van der Waals surface area contributed by atoms with Crippen LogP contribution in [0.25, 0.3) is 0 Å². The number of piperidine rings is 1. The maximum atomic E-state index is 12.9. The fraction of sp³-hybridized carbons (Fsp3) is 0.591. The summed E-state index contributed by atoms with van der Waals surface area (Å²) in [6.45, 7) is 6.61. The minimum absolute atomic E-state index is 0.129. The molecule has 0 aliphatic carbocycles. The average molecular weight is 399 g/mol. The summed E-state index contributed by atoms with van der Waals surface area (Å²) in [6.07, 6.45) is 2.19. The molecule has 0 saturated carbocycles. The Kier molecular flexibility index (Phi) is 5.34. The van der Waals surface area contributed by atoms with Crippen LogP contribution in [-0.2, 0) is 24.3 Å². The van der Waals surface area contributed by atoms with Gasteiger partial charge in [-0.1, -0.05) is 11.2 Å². The third-order valence-electron chi connectivity index (χ3n) is 6.29. The Morgan fingerprint density at radius 3 is 2.72 bits per heavy atom. The maximum absolute atomic E-state index is 12.9. The Balaban J connectivity index is 1.48. The summed E-state index contributed by atoms with van der Waals surface area (Å²) in [7, 11) is 3.95. The number of rotatable bonds is 5. The summed E-state index contributed by atoms with van der Waals surface area (Å²) in [6, 6.07) is 4.06. The number of carbonyl (C=O) groups excluding carboxylic acids is 1. The number of hydrogen-bond donors (Lipinski definition) is 0. The second kappa shape index (κ2) is 7.78. The van der Waals surface area contributed by atoms with Crippen LogP contribution in [0.3, 0.4) is 0 Å². The lowest BCUT2D eigenvalue weighted by Gasteiger charge is -2.43. The van der Waals surface area contributed by atoms with Crippen molar-refractivity contribution in [2.75, 3.05) is 27.2 Å². The van der Waals surface area contributed by atoms with Gasteiger partial charge in [0.2, 0.25) is 5.91 Å². The van der Waals surface area contributed by atoms with E-state index in [1.807, 2.05) is 48.4 Å². The highest BCUT2D eigenvalue weighted by molar-refractivity contribution is 5.76. The van der Waals surface area contributed by atoms with Crippen LogP contribution in [0, 0.1) is 19.8 Å². The highest BCUT2D eigenvalue weighted by atomic mass is 16.5. The number of likely N-dealkylation sites (tertiary alicyclic amines) is 1. The van der Waals surface area contributed by atoms with Crippen LogP contribution < -0.4 is 5.56 Å². The molecule has 2 aliphatic heterocycles. The summed E-state index contributed by atoms with van der Waals surface area (Å²) < 4.78 is 7.17. The fourth-order valence-electron chi connectivity index (χ4n) is 4.90. The second-order valence-corrected chi connectivity index (χ2v) is 8.84. The van der Waals surface area contributed by atoms with E-state index in [9.17, 15) is 9.59 Å². The Morgan fingerprint density at radius 2 is 2.03 bits per heavy atom. The maximum Gasteiger partial charge on any atom is 0.255 e. The molecule has 2 bridgehead atoms. The van der Waals surface area contributed by atoms with Crippen molar-refractivity contribution in [1.29, 1.82) is 0 Å². The summed E-state index contributed by atoms with van der Waals surface area (Å²) >= 11 is 0. The SMILES string of the molecule is Cc1noc(C)c1CCC(=O)N1C[C@@H]2C[C@H](C1)c1ccc(CN(C)C)c(=O)n1C2. The van der Waals surface area contributed by atoms with Gasteiger partial charge in [-0.25, -0.2) is 0 Å². The fourth-order valence-corrected chi connectivity index (χ4v) is 4.90. The van der Waals surface area contributed by atoms with Crippen molar-refractivity contribution >= 4 is 5.91 Å². The second-order valence-electron chi connectivity index (χ2n) is 8.84. The van der Waals surface area contributed by atoms with Gasteiger partial charge >= 0.3 is 0 Å². The lowest BCUT2D eigenvalue weighted by molar-refractivity contribution is -0.133. The number of amides is 1. The molecular weight excluding hydrogens is 368 g/mol. The molecule has 156 valence electrons. The molecule has 2 aliphatic rings. The lowest BCUT2D eigenvalue weighted by Crippen LogP contribution is -2.49. The number of fused-ring (bicyclic) bond motifs is 4. The van der Waals surface area contributed by atoms with Crippen molar-refractivity contribution in [2.24, 2.45) is 5.92 Å². The zero-order valence-electron chi connectivity index (χ0n) is 17.8. The third kappa shape index (κ3) is 3.88. The van der Waals surface area contributed by atoms with E-state index < -0.39 is 0 Å². The number of hydrogen-bond acceptors (Lipinski definition) is 5. The summed E-state index contributed by atoms with van der Waals surface area (Å²) in [5.41, 5.74) is 3.96. The highest BCUT2D eigenvalue weighted by Crippen LogP contribution is 2.35. The average Bonchev–Trinajstić information content (AvgIpc) is 2.99. The first kappa shape index (κ1) is 19.9. The van der Waals surface area contributed by atoms with Crippen LogP contribution in [0.1, 0.15) is 47.0 Å². The molecule has 4 rings (SSSR count). The van der Waals surface area contributed by atoms with Crippen molar-refractivity contribution in [3.05, 3.63) is 50.8 Å². The van der Waals surface area contributed by atoms with E-state index in [-0.39, 0.29) is 17.4 Å². The molecule has 29 heavy (non-hydrogen) atoms. The van der Waals surface area contributed by atoms with Gasteiger partial charge in [-0.3, -0.25) is 9.59 Å². The molecule has 0 spiro atoms.